The highest BCUT2D eigenvalue weighted by molar-refractivity contribution is 6.32. The molecule has 33 heavy (non-hydrogen) atoms. The number of amides is 1. The number of allylic oxidation sites excluding steroid dienone is 2. The number of anilines is 1. The molecule has 0 bridgehead atoms. The molecule has 4 heteroatoms. The summed E-state index contributed by atoms with van der Waals surface area (Å²) in [6, 6.07) is 13.7. The van der Waals surface area contributed by atoms with E-state index in [0.29, 0.717) is 16.3 Å². The summed E-state index contributed by atoms with van der Waals surface area (Å²) < 4.78 is 0. The third-order valence-corrected chi connectivity index (χ3v) is 6.51. The highest BCUT2D eigenvalue weighted by Gasteiger charge is 2.20. The maximum atomic E-state index is 13.6. The predicted octanol–water partition coefficient (Wildman–Crippen LogP) is 8.99. The molecule has 1 N–H and O–H groups in total. The minimum absolute atomic E-state index is 0.141. The molecule has 1 heterocycles. The van der Waals surface area contributed by atoms with E-state index in [-0.39, 0.29) is 5.91 Å². The van der Waals surface area contributed by atoms with Crippen LogP contribution in [0.4, 0.5) is 5.69 Å². The van der Waals surface area contributed by atoms with Gasteiger partial charge in [0.25, 0.3) is 5.91 Å². The summed E-state index contributed by atoms with van der Waals surface area (Å²) in [6.07, 6.45) is 13.2. The van der Waals surface area contributed by atoms with Gasteiger partial charge in [-0.2, -0.15) is 0 Å². The zero-order valence-electron chi connectivity index (χ0n) is 20.1. The Bertz CT molecular complexity index is 1110. The van der Waals surface area contributed by atoms with Crippen LogP contribution in [0, 0.1) is 6.92 Å². The van der Waals surface area contributed by atoms with Gasteiger partial charge in [-0.05, 0) is 67.5 Å². The molecule has 0 spiro atoms. The van der Waals surface area contributed by atoms with E-state index in [0.717, 1.165) is 41.3 Å². The molecule has 2 aromatic carbocycles. The largest absolute Gasteiger partial charge is 0.320 e. The maximum absolute atomic E-state index is 13.6. The Morgan fingerprint density at radius 1 is 1.00 bits per heavy atom. The van der Waals surface area contributed by atoms with Gasteiger partial charge >= 0.3 is 0 Å². The van der Waals surface area contributed by atoms with Crippen LogP contribution in [0.15, 0.2) is 54.7 Å². The topological polar surface area (TPSA) is 42.0 Å². The average molecular weight is 463 g/mol. The summed E-state index contributed by atoms with van der Waals surface area (Å²) in [5.74, 6) is -0.141. The molecule has 0 aliphatic rings. The van der Waals surface area contributed by atoms with Gasteiger partial charge in [0.05, 0.1) is 16.8 Å². The van der Waals surface area contributed by atoms with Crippen LogP contribution in [0.3, 0.4) is 0 Å². The van der Waals surface area contributed by atoms with E-state index in [2.05, 4.69) is 30.2 Å². The number of hydrogen-bond donors (Lipinski definition) is 1. The van der Waals surface area contributed by atoms with Gasteiger partial charge in [-0.3, -0.25) is 9.78 Å². The Labute approximate surface area is 203 Å². The first-order chi connectivity index (χ1) is 16.1. The van der Waals surface area contributed by atoms with Gasteiger partial charge in [-0.25, -0.2) is 0 Å². The van der Waals surface area contributed by atoms with Crippen molar-refractivity contribution in [2.75, 3.05) is 5.32 Å². The number of nitrogens with one attached hydrogen (secondary N) is 1. The number of benzene rings is 2. The molecule has 0 saturated carbocycles. The van der Waals surface area contributed by atoms with E-state index in [1.165, 1.54) is 37.7 Å². The number of carbonyl (C=O) groups excluding carboxylic acids is 1. The molecule has 0 aliphatic carbocycles. The fourth-order valence-electron chi connectivity index (χ4n) is 4.22. The first-order valence-electron chi connectivity index (χ1n) is 12.2. The second kappa shape index (κ2) is 12.6. The average Bonchev–Trinajstić information content (AvgIpc) is 2.82. The molecule has 0 saturated heterocycles. The Balaban J connectivity index is 1.99. The molecule has 0 atom stereocenters. The second-order valence-corrected chi connectivity index (χ2v) is 9.02. The molecule has 0 radical (unpaired) electrons. The number of pyridine rings is 1. The molecule has 3 nitrogen and oxygen atoms in total. The number of para-hydroxylation sites is 1. The number of unbranched alkanes of at least 4 members (excludes halogenated alkanes) is 5. The second-order valence-electron chi connectivity index (χ2n) is 8.61. The standard InChI is InChI=1S/C29H35ClN2O/c1-4-6-8-10-14-22(13-9-7-5-2)24-18-19-25(30)21(3)27(24)29(33)32-26-17-11-15-23-16-12-20-31-28(23)26/h11-12,14-20H,4-10,13H2,1-3H3,(H,32,33)/b22-14+. The van der Waals surface area contributed by atoms with Crippen LogP contribution in [0.1, 0.15) is 86.7 Å². The summed E-state index contributed by atoms with van der Waals surface area (Å²) in [7, 11) is 0. The highest BCUT2D eigenvalue weighted by Crippen LogP contribution is 2.32. The minimum atomic E-state index is -0.141. The van der Waals surface area contributed by atoms with Crippen molar-refractivity contribution in [1.82, 2.24) is 4.98 Å². The van der Waals surface area contributed by atoms with Crippen LogP contribution >= 0.6 is 11.6 Å². The molecule has 1 amide bonds. The first kappa shape index (κ1) is 25.0. The number of aromatic nitrogens is 1. The fraction of sp³-hybridized carbons (Fsp3) is 0.379. The lowest BCUT2D eigenvalue weighted by Gasteiger charge is -2.17. The van der Waals surface area contributed by atoms with Gasteiger partial charge in [0.15, 0.2) is 0 Å². The van der Waals surface area contributed by atoms with E-state index in [9.17, 15) is 4.79 Å². The normalized spacial score (nSPS) is 11.7. The molecule has 0 unspecified atom stereocenters. The predicted molar refractivity (Wildman–Crippen MR) is 142 cm³/mol. The summed E-state index contributed by atoms with van der Waals surface area (Å²) in [4.78, 5) is 18.1. The molecular weight excluding hydrogens is 428 g/mol. The lowest BCUT2D eigenvalue weighted by Crippen LogP contribution is -2.16. The van der Waals surface area contributed by atoms with Crippen LogP contribution in [-0.4, -0.2) is 10.9 Å². The zero-order valence-corrected chi connectivity index (χ0v) is 20.8. The minimum Gasteiger partial charge on any atom is -0.320 e. The van der Waals surface area contributed by atoms with E-state index in [1.807, 2.05) is 49.4 Å². The molecule has 174 valence electrons. The van der Waals surface area contributed by atoms with Crippen molar-refractivity contribution < 1.29 is 4.79 Å². The fourth-order valence-corrected chi connectivity index (χ4v) is 4.38. The van der Waals surface area contributed by atoms with Crippen LogP contribution in [-0.2, 0) is 0 Å². The molecular formula is C29H35ClN2O. The van der Waals surface area contributed by atoms with Gasteiger partial charge in [0.1, 0.15) is 0 Å². The van der Waals surface area contributed by atoms with E-state index in [4.69, 9.17) is 11.6 Å². The highest BCUT2D eigenvalue weighted by atomic mass is 35.5. The number of fused-ring (bicyclic) bond motifs is 1. The van der Waals surface area contributed by atoms with Crippen molar-refractivity contribution >= 4 is 39.7 Å². The summed E-state index contributed by atoms with van der Waals surface area (Å²) in [6.45, 7) is 6.37. The summed E-state index contributed by atoms with van der Waals surface area (Å²) in [5, 5.41) is 4.73. The van der Waals surface area contributed by atoms with Gasteiger partial charge in [0.2, 0.25) is 0 Å². The number of nitrogens with zero attached hydrogens (tertiary/aromatic N) is 1. The van der Waals surface area contributed by atoms with Gasteiger partial charge in [-0.15, -0.1) is 0 Å². The molecule has 3 aromatic rings. The van der Waals surface area contributed by atoms with Crippen LogP contribution < -0.4 is 5.32 Å². The van der Waals surface area contributed by atoms with Gasteiger partial charge < -0.3 is 5.32 Å². The van der Waals surface area contributed by atoms with Crippen LogP contribution in [0.5, 0.6) is 0 Å². The van der Waals surface area contributed by atoms with Crippen LogP contribution in [0.2, 0.25) is 5.02 Å². The maximum Gasteiger partial charge on any atom is 0.256 e. The third-order valence-electron chi connectivity index (χ3n) is 6.10. The number of hydrogen-bond acceptors (Lipinski definition) is 2. The molecule has 1 aromatic heterocycles. The van der Waals surface area contributed by atoms with E-state index >= 15 is 0 Å². The molecule has 0 aliphatic heterocycles. The Kier molecular flexibility index (Phi) is 9.50. The van der Waals surface area contributed by atoms with Crippen LogP contribution in [0.25, 0.3) is 16.5 Å². The van der Waals surface area contributed by atoms with Crippen molar-refractivity contribution in [1.29, 1.82) is 0 Å². The monoisotopic (exact) mass is 462 g/mol. The number of halogens is 1. The van der Waals surface area contributed by atoms with Crippen molar-refractivity contribution in [3.05, 3.63) is 76.5 Å². The van der Waals surface area contributed by atoms with Gasteiger partial charge in [-0.1, -0.05) is 81.5 Å². The summed E-state index contributed by atoms with van der Waals surface area (Å²) in [5.41, 5.74) is 5.22. The van der Waals surface area contributed by atoms with Crippen molar-refractivity contribution in [2.24, 2.45) is 0 Å². The number of rotatable bonds is 11. The van der Waals surface area contributed by atoms with Gasteiger partial charge in [0, 0.05) is 16.6 Å². The number of carbonyl (C=O) groups is 1. The Morgan fingerprint density at radius 2 is 1.76 bits per heavy atom. The Hall–Kier alpha value is -2.65. The van der Waals surface area contributed by atoms with Crippen molar-refractivity contribution in [3.63, 3.8) is 0 Å². The van der Waals surface area contributed by atoms with E-state index in [1.54, 1.807) is 6.20 Å². The SMILES string of the molecule is CCCCC/C=C(\CCCCC)c1ccc(Cl)c(C)c1C(=O)Nc1cccc2cccnc12. The zero-order chi connectivity index (χ0) is 23.6. The smallest absolute Gasteiger partial charge is 0.256 e. The first-order valence-corrected chi connectivity index (χ1v) is 12.6. The molecule has 0 fully saturated rings. The quantitative estimate of drug-likeness (QED) is 0.289. The van der Waals surface area contributed by atoms with Crippen molar-refractivity contribution in [2.45, 2.75) is 72.1 Å². The third kappa shape index (κ3) is 6.45. The Morgan fingerprint density at radius 3 is 2.55 bits per heavy atom. The lowest BCUT2D eigenvalue weighted by atomic mass is 9.91. The molecule has 3 rings (SSSR count). The van der Waals surface area contributed by atoms with Crippen molar-refractivity contribution in [3.8, 4) is 0 Å². The summed E-state index contributed by atoms with van der Waals surface area (Å²) >= 11 is 6.49. The van der Waals surface area contributed by atoms with E-state index < -0.39 is 0 Å². The lowest BCUT2D eigenvalue weighted by molar-refractivity contribution is 0.102.